The number of hydrogen-bond acceptors (Lipinski definition) is 9. The SMILES string of the molecule is CCCCCCCCCCCCCCCCCCCC1OCC(COC(=O)CCCCCN2C=CSC2OS(=O)(=O)c2ccc(C)cc2)O1. The summed E-state index contributed by atoms with van der Waals surface area (Å²) in [5.74, 6) is -0.220. The Hall–Kier alpha value is -1.59. The van der Waals surface area contributed by atoms with Crippen LogP contribution in [-0.2, 0) is 33.3 Å². The number of thioether (sulfide) groups is 1. The summed E-state index contributed by atoms with van der Waals surface area (Å²) in [6.07, 6.45) is 28.3. The average molecular weight is 724 g/mol. The van der Waals surface area contributed by atoms with E-state index in [0.717, 1.165) is 31.2 Å². The van der Waals surface area contributed by atoms with Gasteiger partial charge in [-0.1, -0.05) is 146 Å². The van der Waals surface area contributed by atoms with Crippen LogP contribution in [0.1, 0.15) is 154 Å². The number of ether oxygens (including phenoxy) is 3. The molecular weight excluding hydrogens is 659 g/mol. The van der Waals surface area contributed by atoms with E-state index in [1.165, 1.54) is 114 Å². The zero-order valence-corrected chi connectivity index (χ0v) is 32.1. The summed E-state index contributed by atoms with van der Waals surface area (Å²) in [5.41, 5.74) is 0.365. The normalized spacial score (nSPS) is 19.2. The molecule has 0 aliphatic carbocycles. The molecule has 0 aromatic heterocycles. The smallest absolute Gasteiger partial charge is 0.305 e. The summed E-state index contributed by atoms with van der Waals surface area (Å²) in [6, 6.07) is 6.64. The van der Waals surface area contributed by atoms with E-state index in [1.807, 2.05) is 23.4 Å². The van der Waals surface area contributed by atoms with Crippen LogP contribution in [0.5, 0.6) is 0 Å². The third-order valence-electron chi connectivity index (χ3n) is 9.32. The van der Waals surface area contributed by atoms with Crippen molar-refractivity contribution in [3.63, 3.8) is 0 Å². The predicted molar refractivity (Wildman–Crippen MR) is 199 cm³/mol. The molecule has 0 amide bonds. The van der Waals surface area contributed by atoms with E-state index in [4.69, 9.17) is 18.4 Å². The van der Waals surface area contributed by atoms with Gasteiger partial charge in [0.1, 0.15) is 12.7 Å². The number of rotatable bonds is 29. The number of unbranched alkanes of at least 4 members (excludes halogenated alkanes) is 18. The Morgan fingerprint density at radius 2 is 1.39 bits per heavy atom. The number of carbonyl (C=O) groups is 1. The molecular formula is C39H65NO7S2. The molecule has 49 heavy (non-hydrogen) atoms. The van der Waals surface area contributed by atoms with Crippen molar-refractivity contribution in [3.8, 4) is 0 Å². The van der Waals surface area contributed by atoms with E-state index in [1.54, 1.807) is 24.3 Å². The van der Waals surface area contributed by atoms with Crippen LogP contribution in [0.4, 0.5) is 0 Å². The Morgan fingerprint density at radius 1 is 0.816 bits per heavy atom. The van der Waals surface area contributed by atoms with Crippen molar-refractivity contribution in [2.45, 2.75) is 178 Å². The van der Waals surface area contributed by atoms with Crippen LogP contribution >= 0.6 is 11.8 Å². The van der Waals surface area contributed by atoms with Crippen molar-refractivity contribution < 1.29 is 31.6 Å². The lowest BCUT2D eigenvalue weighted by molar-refractivity contribution is -0.148. The van der Waals surface area contributed by atoms with Gasteiger partial charge in [-0.2, -0.15) is 8.42 Å². The Balaban J connectivity index is 1.09. The Kier molecular flexibility index (Phi) is 21.7. The molecule has 1 fully saturated rings. The highest BCUT2D eigenvalue weighted by atomic mass is 32.2. The zero-order chi connectivity index (χ0) is 35.0. The monoisotopic (exact) mass is 723 g/mol. The lowest BCUT2D eigenvalue weighted by atomic mass is 10.0. The quantitative estimate of drug-likeness (QED) is 0.0455. The van der Waals surface area contributed by atoms with E-state index in [9.17, 15) is 13.2 Å². The van der Waals surface area contributed by atoms with Gasteiger partial charge in [-0.15, -0.1) is 0 Å². The standard InChI is InChI=1S/C39H65NO7S2/c1-3-4-5-6-7-8-9-10-11-12-13-14-15-16-17-18-21-24-38-45-33-35(46-38)32-44-37(41)23-20-19-22-29-40-30-31-48-39(40)47-49(42,43)36-27-25-34(2)26-28-36/h25-28,30-31,35,38-39H,3-24,29,32-33H2,1-2H3. The largest absolute Gasteiger partial charge is 0.463 e. The molecule has 3 atom stereocenters. The number of esters is 1. The average Bonchev–Trinajstić information content (AvgIpc) is 3.74. The fourth-order valence-electron chi connectivity index (χ4n) is 6.24. The topological polar surface area (TPSA) is 91.4 Å². The fourth-order valence-corrected chi connectivity index (χ4v) is 8.33. The molecule has 0 spiro atoms. The maximum atomic E-state index is 12.7. The third-order valence-corrected chi connectivity index (χ3v) is 11.6. The van der Waals surface area contributed by atoms with Crippen LogP contribution in [0.3, 0.4) is 0 Å². The first-order valence-corrected chi connectivity index (χ1v) is 21.7. The van der Waals surface area contributed by atoms with Crippen molar-refractivity contribution in [1.82, 2.24) is 4.90 Å². The van der Waals surface area contributed by atoms with Crippen LogP contribution in [0.15, 0.2) is 40.8 Å². The molecule has 1 aromatic carbocycles. The summed E-state index contributed by atoms with van der Waals surface area (Å²) in [7, 11) is -3.86. The lowest BCUT2D eigenvalue weighted by Gasteiger charge is -2.24. The van der Waals surface area contributed by atoms with Gasteiger partial charge in [0.25, 0.3) is 10.1 Å². The first-order chi connectivity index (χ1) is 23.9. The molecule has 1 saturated heterocycles. The molecule has 2 heterocycles. The molecule has 3 rings (SSSR count). The third kappa shape index (κ3) is 18.5. The van der Waals surface area contributed by atoms with Gasteiger partial charge in [0.2, 0.25) is 5.56 Å². The van der Waals surface area contributed by atoms with Gasteiger partial charge >= 0.3 is 5.97 Å². The summed E-state index contributed by atoms with van der Waals surface area (Å²) in [6.45, 7) is 5.54. The van der Waals surface area contributed by atoms with E-state index in [0.29, 0.717) is 26.0 Å². The molecule has 8 nitrogen and oxygen atoms in total. The van der Waals surface area contributed by atoms with Crippen LogP contribution in [-0.4, -0.2) is 57.0 Å². The van der Waals surface area contributed by atoms with Gasteiger partial charge < -0.3 is 19.1 Å². The van der Waals surface area contributed by atoms with E-state index in [2.05, 4.69) is 6.92 Å². The van der Waals surface area contributed by atoms with Crippen LogP contribution in [0.2, 0.25) is 0 Å². The van der Waals surface area contributed by atoms with Crippen molar-refractivity contribution in [3.05, 3.63) is 41.4 Å². The number of carbonyl (C=O) groups excluding carboxylic acids is 1. The Labute approximate surface area is 302 Å². The van der Waals surface area contributed by atoms with Crippen molar-refractivity contribution in [2.75, 3.05) is 19.8 Å². The predicted octanol–water partition coefficient (Wildman–Crippen LogP) is 10.4. The van der Waals surface area contributed by atoms with Crippen LogP contribution in [0, 0.1) is 6.92 Å². The lowest BCUT2D eigenvalue weighted by Crippen LogP contribution is -2.30. The molecule has 2 aliphatic heterocycles. The summed E-state index contributed by atoms with van der Waals surface area (Å²) in [4.78, 5) is 14.3. The summed E-state index contributed by atoms with van der Waals surface area (Å²) < 4.78 is 48.0. The molecule has 10 heteroatoms. The van der Waals surface area contributed by atoms with Gasteiger partial charge in [0.05, 0.1) is 11.5 Å². The number of nitrogens with zero attached hydrogens (tertiary/aromatic N) is 1. The molecule has 0 saturated carbocycles. The van der Waals surface area contributed by atoms with E-state index in [-0.39, 0.29) is 29.9 Å². The molecule has 280 valence electrons. The molecule has 0 N–H and O–H groups in total. The zero-order valence-electron chi connectivity index (χ0n) is 30.5. The van der Waals surface area contributed by atoms with Gasteiger partial charge in [0.15, 0.2) is 6.29 Å². The molecule has 0 radical (unpaired) electrons. The van der Waals surface area contributed by atoms with E-state index < -0.39 is 15.7 Å². The first kappa shape index (κ1) is 41.8. The highest BCUT2D eigenvalue weighted by Gasteiger charge is 2.28. The van der Waals surface area contributed by atoms with Crippen molar-refractivity contribution in [2.24, 2.45) is 0 Å². The van der Waals surface area contributed by atoms with Gasteiger partial charge in [0, 0.05) is 19.2 Å². The maximum absolute atomic E-state index is 12.7. The maximum Gasteiger partial charge on any atom is 0.305 e. The van der Waals surface area contributed by atoms with Gasteiger partial charge in [-0.05, 0) is 50.1 Å². The second-order valence-corrected chi connectivity index (χ2v) is 16.3. The highest BCUT2D eigenvalue weighted by molar-refractivity contribution is 8.03. The van der Waals surface area contributed by atoms with Gasteiger partial charge in [-0.3, -0.25) is 4.79 Å². The molecule has 3 unspecified atom stereocenters. The molecule has 1 aromatic rings. The second kappa shape index (κ2) is 25.4. The molecule has 2 aliphatic rings. The van der Waals surface area contributed by atoms with Crippen molar-refractivity contribution in [1.29, 1.82) is 0 Å². The number of benzene rings is 1. The summed E-state index contributed by atoms with van der Waals surface area (Å²) >= 11 is 1.32. The fraction of sp³-hybridized carbons (Fsp3) is 0.769. The minimum Gasteiger partial charge on any atom is -0.463 e. The second-order valence-electron chi connectivity index (χ2n) is 13.8. The number of hydrogen-bond donors (Lipinski definition) is 0. The van der Waals surface area contributed by atoms with Gasteiger partial charge in [-0.25, -0.2) is 4.18 Å². The molecule has 0 bridgehead atoms. The number of aryl methyl sites for hydroxylation is 1. The van der Waals surface area contributed by atoms with Crippen LogP contribution < -0.4 is 0 Å². The Bertz CT molecular complexity index is 1140. The first-order valence-electron chi connectivity index (χ1n) is 19.4. The van der Waals surface area contributed by atoms with Crippen molar-refractivity contribution >= 4 is 27.8 Å². The minimum absolute atomic E-state index is 0.153. The Morgan fingerprint density at radius 3 is 2.00 bits per heavy atom. The van der Waals surface area contributed by atoms with Crippen LogP contribution in [0.25, 0.3) is 0 Å². The van der Waals surface area contributed by atoms with E-state index >= 15 is 0 Å². The highest BCUT2D eigenvalue weighted by Crippen LogP contribution is 2.30. The summed E-state index contributed by atoms with van der Waals surface area (Å²) in [5, 5.41) is 1.84. The minimum atomic E-state index is -3.86.